The van der Waals surface area contributed by atoms with Gasteiger partial charge < -0.3 is 5.11 Å². The summed E-state index contributed by atoms with van der Waals surface area (Å²) in [7, 11) is 0. The maximum atomic E-state index is 9.67. The number of rotatable bonds is 1. The molecule has 3 rings (SSSR count). The van der Waals surface area contributed by atoms with E-state index < -0.39 is 0 Å². The summed E-state index contributed by atoms with van der Waals surface area (Å²) in [5.74, 6) is 0.631. The molecule has 0 aromatic heterocycles. The van der Waals surface area contributed by atoms with Crippen LogP contribution in [0, 0.1) is 16.7 Å². The fourth-order valence-corrected chi connectivity index (χ4v) is 4.05. The van der Waals surface area contributed by atoms with Gasteiger partial charge in [0.1, 0.15) is 0 Å². The lowest BCUT2D eigenvalue weighted by molar-refractivity contribution is 0.0593. The summed E-state index contributed by atoms with van der Waals surface area (Å²) in [5, 5.41) is 9.67. The Kier molecular flexibility index (Phi) is 1.45. The minimum absolute atomic E-state index is 0.116. The number of allylic oxidation sites excluding steroid dienone is 4. The summed E-state index contributed by atoms with van der Waals surface area (Å²) in [4.78, 5) is 0. The molecule has 3 aliphatic carbocycles. The monoisotopic (exact) mass is 190 g/mol. The van der Waals surface area contributed by atoms with E-state index in [1.807, 2.05) is 0 Å². The van der Waals surface area contributed by atoms with E-state index in [4.69, 9.17) is 0 Å². The van der Waals surface area contributed by atoms with Crippen LogP contribution in [0.3, 0.4) is 0 Å². The standard InChI is InChI=1S/C13H18O/c1-12-7-6-11(13(12,2)8-14)9-4-3-5-10(9)12/h4-5,11,14H,3,6-8H2,1-2H3/t11-,12+,13-/m0/s1. The average molecular weight is 190 g/mol. The topological polar surface area (TPSA) is 20.2 Å². The van der Waals surface area contributed by atoms with Gasteiger partial charge in [-0.05, 0) is 36.3 Å². The van der Waals surface area contributed by atoms with Gasteiger partial charge in [0.25, 0.3) is 0 Å². The molecular formula is C13H18O. The minimum atomic E-state index is 0.116. The number of hydrogen-bond donors (Lipinski definition) is 1. The SMILES string of the molecule is C[C@]1(CO)[C@H]2CC[C@]1(C)C1=CCC=C12. The molecule has 0 spiro atoms. The van der Waals surface area contributed by atoms with E-state index in [0.717, 1.165) is 6.42 Å². The molecule has 1 heteroatoms. The Morgan fingerprint density at radius 2 is 2.21 bits per heavy atom. The van der Waals surface area contributed by atoms with Crippen LogP contribution in [0.5, 0.6) is 0 Å². The number of hydrogen-bond acceptors (Lipinski definition) is 1. The zero-order valence-corrected chi connectivity index (χ0v) is 9.01. The molecule has 0 amide bonds. The summed E-state index contributed by atoms with van der Waals surface area (Å²) in [5.41, 5.74) is 3.50. The maximum Gasteiger partial charge on any atom is 0.0499 e. The smallest absolute Gasteiger partial charge is 0.0499 e. The highest BCUT2D eigenvalue weighted by atomic mass is 16.3. The number of aliphatic hydroxyl groups is 1. The molecular weight excluding hydrogens is 172 g/mol. The number of aliphatic hydroxyl groups excluding tert-OH is 1. The Morgan fingerprint density at radius 1 is 1.43 bits per heavy atom. The predicted molar refractivity (Wildman–Crippen MR) is 56.8 cm³/mol. The van der Waals surface area contributed by atoms with Crippen LogP contribution in [0.4, 0.5) is 0 Å². The van der Waals surface area contributed by atoms with E-state index >= 15 is 0 Å². The van der Waals surface area contributed by atoms with Gasteiger partial charge in [-0.3, -0.25) is 0 Å². The molecule has 14 heavy (non-hydrogen) atoms. The molecule has 0 unspecified atom stereocenters. The second-order valence-electron chi connectivity index (χ2n) is 5.51. The molecule has 2 saturated carbocycles. The van der Waals surface area contributed by atoms with Crippen LogP contribution in [-0.2, 0) is 0 Å². The lowest BCUT2D eigenvalue weighted by Gasteiger charge is -2.36. The van der Waals surface area contributed by atoms with E-state index in [0.29, 0.717) is 12.5 Å². The van der Waals surface area contributed by atoms with Gasteiger partial charge in [-0.15, -0.1) is 0 Å². The Morgan fingerprint density at radius 3 is 2.86 bits per heavy atom. The van der Waals surface area contributed by atoms with Crippen molar-refractivity contribution in [1.82, 2.24) is 0 Å². The highest BCUT2D eigenvalue weighted by molar-refractivity contribution is 5.53. The Balaban J connectivity index is 2.20. The molecule has 0 aromatic carbocycles. The van der Waals surface area contributed by atoms with Crippen LogP contribution in [-0.4, -0.2) is 11.7 Å². The summed E-state index contributed by atoms with van der Waals surface area (Å²) in [6.07, 6.45) is 8.41. The van der Waals surface area contributed by atoms with Gasteiger partial charge in [0, 0.05) is 17.4 Å². The van der Waals surface area contributed by atoms with Crippen LogP contribution in [0.1, 0.15) is 33.1 Å². The largest absolute Gasteiger partial charge is 0.396 e. The molecule has 1 nitrogen and oxygen atoms in total. The molecule has 1 N–H and O–H groups in total. The summed E-state index contributed by atoms with van der Waals surface area (Å²) < 4.78 is 0. The van der Waals surface area contributed by atoms with Crippen LogP contribution < -0.4 is 0 Å². The molecule has 3 aliphatic rings. The van der Waals surface area contributed by atoms with Gasteiger partial charge in [0.05, 0.1) is 0 Å². The lowest BCUT2D eigenvalue weighted by Crippen LogP contribution is -2.35. The van der Waals surface area contributed by atoms with Crippen LogP contribution >= 0.6 is 0 Å². The van der Waals surface area contributed by atoms with E-state index in [1.165, 1.54) is 12.8 Å². The molecule has 2 fully saturated rings. The zero-order valence-electron chi connectivity index (χ0n) is 9.01. The maximum absolute atomic E-state index is 9.67. The fraction of sp³-hybridized carbons (Fsp3) is 0.692. The highest BCUT2D eigenvalue weighted by Gasteiger charge is 2.63. The van der Waals surface area contributed by atoms with E-state index in [-0.39, 0.29) is 10.8 Å². The first kappa shape index (κ1) is 8.72. The van der Waals surface area contributed by atoms with E-state index in [2.05, 4.69) is 26.0 Å². The lowest BCUT2D eigenvalue weighted by atomic mass is 9.68. The zero-order chi connectivity index (χ0) is 9.97. The summed E-state index contributed by atoms with van der Waals surface area (Å²) in [6, 6.07) is 0. The third-order valence-corrected chi connectivity index (χ3v) is 5.23. The first-order valence-corrected chi connectivity index (χ1v) is 5.65. The summed E-state index contributed by atoms with van der Waals surface area (Å²) in [6.45, 7) is 4.95. The molecule has 0 aromatic rings. The molecule has 0 heterocycles. The van der Waals surface area contributed by atoms with Crippen molar-refractivity contribution in [3.63, 3.8) is 0 Å². The first-order valence-electron chi connectivity index (χ1n) is 5.65. The van der Waals surface area contributed by atoms with Gasteiger partial charge in [0.2, 0.25) is 0 Å². The van der Waals surface area contributed by atoms with Crippen molar-refractivity contribution in [3.05, 3.63) is 23.3 Å². The predicted octanol–water partition coefficient (Wildman–Crippen LogP) is 2.67. The van der Waals surface area contributed by atoms with Crippen molar-refractivity contribution >= 4 is 0 Å². The van der Waals surface area contributed by atoms with Crippen molar-refractivity contribution in [2.75, 3.05) is 6.61 Å². The van der Waals surface area contributed by atoms with Crippen molar-refractivity contribution in [2.24, 2.45) is 16.7 Å². The van der Waals surface area contributed by atoms with Crippen molar-refractivity contribution in [1.29, 1.82) is 0 Å². The minimum Gasteiger partial charge on any atom is -0.396 e. The second-order valence-corrected chi connectivity index (χ2v) is 5.51. The van der Waals surface area contributed by atoms with Crippen LogP contribution in [0.25, 0.3) is 0 Å². The van der Waals surface area contributed by atoms with Crippen molar-refractivity contribution < 1.29 is 5.11 Å². The van der Waals surface area contributed by atoms with Gasteiger partial charge in [0.15, 0.2) is 0 Å². The van der Waals surface area contributed by atoms with Crippen LogP contribution in [0.15, 0.2) is 23.3 Å². The third kappa shape index (κ3) is 0.661. The Labute approximate surface area is 85.5 Å². The second kappa shape index (κ2) is 2.33. The molecule has 3 atom stereocenters. The van der Waals surface area contributed by atoms with Crippen LogP contribution in [0.2, 0.25) is 0 Å². The molecule has 0 aliphatic heterocycles. The van der Waals surface area contributed by atoms with Crippen molar-refractivity contribution in [2.45, 2.75) is 33.1 Å². The first-order chi connectivity index (χ1) is 6.63. The molecule has 0 radical (unpaired) electrons. The van der Waals surface area contributed by atoms with Crippen molar-refractivity contribution in [3.8, 4) is 0 Å². The Bertz CT molecular complexity index is 352. The van der Waals surface area contributed by atoms with E-state index in [9.17, 15) is 5.11 Å². The van der Waals surface area contributed by atoms with E-state index in [1.54, 1.807) is 11.1 Å². The normalized spacial score (nSPS) is 49.2. The summed E-state index contributed by atoms with van der Waals surface area (Å²) >= 11 is 0. The Hall–Kier alpha value is -0.560. The van der Waals surface area contributed by atoms with Gasteiger partial charge >= 0.3 is 0 Å². The highest BCUT2D eigenvalue weighted by Crippen LogP contribution is 2.71. The van der Waals surface area contributed by atoms with Gasteiger partial charge in [-0.1, -0.05) is 26.0 Å². The quantitative estimate of drug-likeness (QED) is 0.674. The fourth-order valence-electron chi connectivity index (χ4n) is 4.05. The molecule has 76 valence electrons. The molecule has 2 bridgehead atoms. The van der Waals surface area contributed by atoms with Gasteiger partial charge in [-0.2, -0.15) is 0 Å². The average Bonchev–Trinajstić information content (AvgIpc) is 2.77. The van der Waals surface area contributed by atoms with Gasteiger partial charge in [-0.25, -0.2) is 0 Å². The molecule has 0 saturated heterocycles. The third-order valence-electron chi connectivity index (χ3n) is 5.23. The number of fused-ring (bicyclic) bond motifs is 5.